The lowest BCUT2D eigenvalue weighted by molar-refractivity contribution is -0.177. The van der Waals surface area contributed by atoms with E-state index in [9.17, 15) is 15.3 Å². The summed E-state index contributed by atoms with van der Waals surface area (Å²) >= 11 is 0. The second kappa shape index (κ2) is 15.1. The Morgan fingerprint density at radius 3 is 2.13 bits per heavy atom. The van der Waals surface area contributed by atoms with Crippen LogP contribution in [-0.4, -0.2) is 57.2 Å². The first-order chi connectivity index (χ1) is 26.2. The third-order valence-electron chi connectivity index (χ3n) is 17.1. The van der Waals surface area contributed by atoms with Crippen LogP contribution in [0.25, 0.3) is 0 Å². The monoisotopic (exact) mass is 730 g/mol. The highest BCUT2D eigenvalue weighted by Crippen LogP contribution is 2.67. The van der Waals surface area contributed by atoms with E-state index in [1.807, 2.05) is 0 Å². The van der Waals surface area contributed by atoms with Crippen molar-refractivity contribution < 1.29 is 15.3 Å². The quantitative estimate of drug-likeness (QED) is 0.206. The Morgan fingerprint density at radius 1 is 0.648 bits per heavy atom. The van der Waals surface area contributed by atoms with Crippen molar-refractivity contribution >= 4 is 0 Å². The van der Waals surface area contributed by atoms with Gasteiger partial charge in [-0.25, -0.2) is 0 Å². The maximum absolute atomic E-state index is 12.5. The van der Waals surface area contributed by atoms with Crippen LogP contribution in [0.3, 0.4) is 0 Å². The molecule has 0 unspecified atom stereocenters. The van der Waals surface area contributed by atoms with Gasteiger partial charge in [0, 0.05) is 19.1 Å². The topological polar surface area (TPSA) is 63.9 Å². The molecule has 0 radical (unpaired) electrons. The average Bonchev–Trinajstić information content (AvgIpc) is 3.56. The first-order valence-electron chi connectivity index (χ1n) is 22.2. The molecule has 9 rings (SSSR count). The summed E-state index contributed by atoms with van der Waals surface area (Å²) in [6.07, 6.45) is 14.9. The van der Waals surface area contributed by atoms with Crippen LogP contribution in [0.4, 0.5) is 0 Å². The maximum Gasteiger partial charge on any atom is 0.0805 e. The fourth-order valence-electron chi connectivity index (χ4n) is 14.4. The Balaban J connectivity index is 0.886. The number of hydrogen-bond acceptors (Lipinski definition) is 4. The second-order valence-corrected chi connectivity index (χ2v) is 19.9. The van der Waals surface area contributed by atoms with Gasteiger partial charge in [-0.2, -0.15) is 0 Å². The van der Waals surface area contributed by atoms with Crippen LogP contribution in [0.1, 0.15) is 119 Å². The third kappa shape index (κ3) is 6.94. The van der Waals surface area contributed by atoms with Crippen LogP contribution in [0.2, 0.25) is 0 Å². The summed E-state index contributed by atoms with van der Waals surface area (Å²) in [5.41, 5.74) is 5.19. The lowest BCUT2D eigenvalue weighted by Crippen LogP contribution is -2.67. The van der Waals surface area contributed by atoms with Crippen molar-refractivity contribution in [3.8, 4) is 0 Å². The molecule has 0 bridgehead atoms. The number of piperidine rings is 2. The molecule has 2 aliphatic heterocycles. The Hall–Kier alpha value is -2.50. The summed E-state index contributed by atoms with van der Waals surface area (Å²) < 4.78 is 0. The van der Waals surface area contributed by atoms with Gasteiger partial charge in [0.05, 0.1) is 17.8 Å². The van der Waals surface area contributed by atoms with Crippen molar-refractivity contribution in [3.05, 3.63) is 107 Å². The molecule has 4 aliphatic carbocycles. The molecule has 4 saturated carbocycles. The number of hydrogen-bond donors (Lipinski definition) is 3. The number of aliphatic hydroxyl groups excluding tert-OH is 2. The van der Waals surface area contributed by atoms with E-state index in [0.717, 1.165) is 64.5 Å². The molecular formula is C50H67NO3. The minimum Gasteiger partial charge on any atom is -0.393 e. The van der Waals surface area contributed by atoms with Crippen molar-refractivity contribution in [1.82, 2.24) is 4.90 Å². The number of aliphatic hydroxyl groups is 3. The molecule has 6 fully saturated rings. The Bertz CT molecular complexity index is 1690. The number of nitrogens with zero attached hydrogens (tertiary/aromatic N) is 1. The molecule has 0 aromatic heterocycles. The van der Waals surface area contributed by atoms with Gasteiger partial charge in [-0.1, -0.05) is 91.9 Å². The van der Waals surface area contributed by atoms with Crippen LogP contribution >= 0.6 is 0 Å². The van der Waals surface area contributed by atoms with Gasteiger partial charge in [-0.3, -0.25) is 4.90 Å². The van der Waals surface area contributed by atoms with E-state index in [1.54, 1.807) is 0 Å². The fourth-order valence-corrected chi connectivity index (χ4v) is 14.4. The SMILES string of the molecule is C[C@]1(O)[C@@H]2CC[C@@H]3[C@@H](C[C@H]4[C@@H]3C[C@H](O)[C@H]3C[C@@H](O)CC[C@@]34C)[C@@H]2CN2C[C@@H](CC[C@H](CCc3ccccc3)c3ccc(Cc4ccccc4)cc3)CC[C@H]21. The van der Waals surface area contributed by atoms with Crippen molar-refractivity contribution in [1.29, 1.82) is 0 Å². The molecule has 3 N–H and O–H groups in total. The second-order valence-electron chi connectivity index (χ2n) is 19.9. The Kier molecular flexibility index (Phi) is 10.4. The summed E-state index contributed by atoms with van der Waals surface area (Å²) in [7, 11) is 0. The molecule has 290 valence electrons. The summed E-state index contributed by atoms with van der Waals surface area (Å²) in [5, 5.41) is 34.6. The highest BCUT2D eigenvalue weighted by Gasteiger charge is 2.64. The van der Waals surface area contributed by atoms with E-state index in [-0.39, 0.29) is 29.6 Å². The van der Waals surface area contributed by atoms with Crippen LogP contribution in [0.15, 0.2) is 84.9 Å². The highest BCUT2D eigenvalue weighted by atomic mass is 16.3. The van der Waals surface area contributed by atoms with Gasteiger partial charge in [0.2, 0.25) is 0 Å². The zero-order valence-corrected chi connectivity index (χ0v) is 33.1. The highest BCUT2D eigenvalue weighted by molar-refractivity contribution is 5.30. The molecule has 54 heavy (non-hydrogen) atoms. The predicted molar refractivity (Wildman–Crippen MR) is 218 cm³/mol. The van der Waals surface area contributed by atoms with Crippen LogP contribution in [-0.2, 0) is 12.8 Å². The minimum absolute atomic E-state index is 0.142. The standard InChI is InChI=1S/C50H67NO3/c1-49-26-25-39(52)28-46(49)47(53)30-42-40-22-23-44-43(41(40)29-45(42)49)32-51-31-36(17-24-48(51)50(44,2)54)16-21-37(18-13-33-9-5-3-6-10-33)38-19-14-35(15-20-38)27-34-11-7-4-8-12-34/h3-12,14-15,19-20,36-37,39-48,52-54H,13,16-18,21-32H2,1-2H3/t36-,37-,39-,40+,41+,42+,43-,44+,45-,46+,47-,48-,49+,50-/m0/s1. The molecule has 2 heterocycles. The normalized spacial score (nSPS) is 40.8. The molecule has 14 atom stereocenters. The van der Waals surface area contributed by atoms with Gasteiger partial charge in [-0.15, -0.1) is 0 Å². The van der Waals surface area contributed by atoms with Gasteiger partial charge < -0.3 is 15.3 Å². The summed E-state index contributed by atoms with van der Waals surface area (Å²) in [6.45, 7) is 6.98. The minimum atomic E-state index is -0.632. The molecule has 3 aromatic carbocycles. The lowest BCUT2D eigenvalue weighted by Gasteiger charge is -2.60. The lowest BCUT2D eigenvalue weighted by atomic mass is 9.51. The van der Waals surface area contributed by atoms with Crippen LogP contribution < -0.4 is 0 Å². The third-order valence-corrected chi connectivity index (χ3v) is 17.1. The van der Waals surface area contributed by atoms with Gasteiger partial charge in [-0.05, 0) is 178 Å². The van der Waals surface area contributed by atoms with Crippen molar-refractivity contribution in [2.75, 3.05) is 13.1 Å². The van der Waals surface area contributed by atoms with E-state index in [4.69, 9.17) is 0 Å². The van der Waals surface area contributed by atoms with Crippen molar-refractivity contribution in [3.63, 3.8) is 0 Å². The number of benzene rings is 3. The molecule has 4 heteroatoms. The number of fused-ring (bicyclic) bond motifs is 8. The van der Waals surface area contributed by atoms with Gasteiger partial charge in [0.25, 0.3) is 0 Å². The van der Waals surface area contributed by atoms with E-state index >= 15 is 0 Å². The van der Waals surface area contributed by atoms with Crippen LogP contribution in [0, 0.1) is 52.8 Å². The molecule has 0 spiro atoms. The van der Waals surface area contributed by atoms with Gasteiger partial charge in [0.1, 0.15) is 0 Å². The largest absolute Gasteiger partial charge is 0.393 e. The molecule has 0 amide bonds. The zero-order chi connectivity index (χ0) is 37.0. The predicted octanol–water partition coefficient (Wildman–Crippen LogP) is 9.45. The van der Waals surface area contributed by atoms with E-state index in [0.29, 0.717) is 47.3 Å². The summed E-state index contributed by atoms with van der Waals surface area (Å²) in [5.74, 6) is 5.03. The van der Waals surface area contributed by atoms with Crippen molar-refractivity contribution in [2.45, 2.75) is 134 Å². The molecule has 2 saturated heterocycles. The van der Waals surface area contributed by atoms with E-state index in [1.165, 1.54) is 60.8 Å². The number of rotatable bonds is 9. The maximum atomic E-state index is 12.5. The first kappa shape index (κ1) is 37.1. The summed E-state index contributed by atoms with van der Waals surface area (Å²) in [4.78, 5) is 2.79. The number of aryl methyl sites for hydroxylation is 1. The molecule has 6 aliphatic rings. The molecule has 4 nitrogen and oxygen atoms in total. The zero-order valence-electron chi connectivity index (χ0n) is 33.1. The Labute approximate surface area is 325 Å². The smallest absolute Gasteiger partial charge is 0.0805 e. The van der Waals surface area contributed by atoms with Gasteiger partial charge in [0.15, 0.2) is 0 Å². The van der Waals surface area contributed by atoms with E-state index in [2.05, 4.69) is 104 Å². The Morgan fingerprint density at radius 2 is 1.37 bits per heavy atom. The molecule has 3 aromatic rings. The summed E-state index contributed by atoms with van der Waals surface area (Å²) in [6, 6.07) is 31.7. The average molecular weight is 730 g/mol. The first-order valence-corrected chi connectivity index (χ1v) is 22.2. The molecular weight excluding hydrogens is 663 g/mol. The van der Waals surface area contributed by atoms with E-state index < -0.39 is 5.60 Å². The van der Waals surface area contributed by atoms with Gasteiger partial charge >= 0.3 is 0 Å². The van der Waals surface area contributed by atoms with Crippen molar-refractivity contribution in [2.24, 2.45) is 52.8 Å². The van der Waals surface area contributed by atoms with Crippen LogP contribution in [0.5, 0.6) is 0 Å². The fraction of sp³-hybridized carbons (Fsp3) is 0.640.